The molecular weight excluding hydrogens is 475 g/mol. The molecule has 0 radical (unpaired) electrons. The molecule has 0 spiro atoms. The minimum absolute atomic E-state index is 0.0103. The Balaban J connectivity index is 1.57. The zero-order valence-corrected chi connectivity index (χ0v) is 20.6. The maximum absolute atomic E-state index is 15.4. The Bertz CT molecular complexity index is 1230. The molecular formula is C29H31F5O2. The van der Waals surface area contributed by atoms with E-state index in [0.29, 0.717) is 6.42 Å². The van der Waals surface area contributed by atoms with Crippen molar-refractivity contribution >= 4 is 10.8 Å². The molecule has 1 aliphatic heterocycles. The smallest absolute Gasteiger partial charge is 0.191 e. The van der Waals surface area contributed by atoms with E-state index >= 15 is 8.78 Å². The Labute approximate surface area is 208 Å². The number of epoxide rings is 1. The van der Waals surface area contributed by atoms with E-state index in [4.69, 9.17) is 9.47 Å². The summed E-state index contributed by atoms with van der Waals surface area (Å²) in [6.45, 7) is 4.11. The van der Waals surface area contributed by atoms with Crippen molar-refractivity contribution in [2.24, 2.45) is 0 Å². The van der Waals surface area contributed by atoms with Gasteiger partial charge in [0.15, 0.2) is 29.0 Å². The van der Waals surface area contributed by atoms with E-state index in [-0.39, 0.29) is 46.3 Å². The van der Waals surface area contributed by atoms with E-state index in [1.54, 1.807) is 0 Å². The van der Waals surface area contributed by atoms with Crippen LogP contribution in [0.25, 0.3) is 21.9 Å². The quantitative estimate of drug-likeness (QED) is 0.139. The van der Waals surface area contributed by atoms with Crippen molar-refractivity contribution in [3.63, 3.8) is 0 Å². The van der Waals surface area contributed by atoms with Crippen molar-refractivity contribution in [1.29, 1.82) is 0 Å². The van der Waals surface area contributed by atoms with Gasteiger partial charge in [-0.3, -0.25) is 0 Å². The number of hydrogen-bond donors (Lipinski definition) is 0. The Kier molecular flexibility index (Phi) is 8.50. The monoisotopic (exact) mass is 506 g/mol. The number of halogens is 5. The molecule has 0 amide bonds. The molecule has 2 unspecified atom stereocenters. The van der Waals surface area contributed by atoms with Crippen LogP contribution in [0.3, 0.4) is 0 Å². The van der Waals surface area contributed by atoms with Crippen LogP contribution in [0, 0.1) is 29.1 Å². The van der Waals surface area contributed by atoms with Crippen LogP contribution >= 0.6 is 0 Å². The van der Waals surface area contributed by atoms with Crippen LogP contribution in [-0.2, 0) is 11.2 Å². The molecule has 0 N–H and O–H groups in total. The van der Waals surface area contributed by atoms with Crippen molar-refractivity contribution in [2.75, 3.05) is 6.61 Å². The van der Waals surface area contributed by atoms with E-state index in [2.05, 4.69) is 13.8 Å². The van der Waals surface area contributed by atoms with Gasteiger partial charge in [-0.05, 0) is 30.9 Å². The topological polar surface area (TPSA) is 21.8 Å². The fraction of sp³-hybridized carbons (Fsp3) is 0.448. The molecule has 3 aromatic rings. The highest BCUT2D eigenvalue weighted by atomic mass is 19.2. The second-order valence-corrected chi connectivity index (χ2v) is 9.40. The van der Waals surface area contributed by atoms with Gasteiger partial charge in [0.25, 0.3) is 0 Å². The van der Waals surface area contributed by atoms with Crippen molar-refractivity contribution < 1.29 is 31.4 Å². The first-order valence-electron chi connectivity index (χ1n) is 12.7. The molecule has 2 nitrogen and oxygen atoms in total. The van der Waals surface area contributed by atoms with Gasteiger partial charge in [0.1, 0.15) is 18.5 Å². The Morgan fingerprint density at radius 2 is 1.44 bits per heavy atom. The summed E-state index contributed by atoms with van der Waals surface area (Å²) >= 11 is 0. The number of aryl methyl sites for hydroxylation is 1. The van der Waals surface area contributed by atoms with Gasteiger partial charge in [0.2, 0.25) is 0 Å². The predicted molar refractivity (Wildman–Crippen MR) is 131 cm³/mol. The first-order valence-corrected chi connectivity index (χ1v) is 12.7. The molecule has 1 heterocycles. The van der Waals surface area contributed by atoms with Crippen LogP contribution < -0.4 is 4.74 Å². The number of ether oxygens (including phenoxy) is 2. The summed E-state index contributed by atoms with van der Waals surface area (Å²) < 4.78 is 85.6. The zero-order valence-electron chi connectivity index (χ0n) is 20.6. The summed E-state index contributed by atoms with van der Waals surface area (Å²) in [5, 5.41) is -0.581. The molecule has 1 aliphatic rings. The summed E-state index contributed by atoms with van der Waals surface area (Å²) in [4.78, 5) is 0. The normalized spacial score (nSPS) is 17.1. The molecule has 0 aliphatic carbocycles. The molecule has 36 heavy (non-hydrogen) atoms. The maximum Gasteiger partial charge on any atom is 0.191 e. The van der Waals surface area contributed by atoms with Gasteiger partial charge < -0.3 is 9.47 Å². The van der Waals surface area contributed by atoms with Gasteiger partial charge in [-0.25, -0.2) is 22.0 Å². The van der Waals surface area contributed by atoms with Crippen LogP contribution in [0.2, 0.25) is 0 Å². The van der Waals surface area contributed by atoms with E-state index in [1.165, 1.54) is 24.3 Å². The van der Waals surface area contributed by atoms with Gasteiger partial charge in [-0.1, -0.05) is 70.2 Å². The van der Waals surface area contributed by atoms with Gasteiger partial charge in [0.05, 0.1) is 6.10 Å². The lowest BCUT2D eigenvalue weighted by Gasteiger charge is -2.13. The molecule has 0 aromatic heterocycles. The first kappa shape index (κ1) is 26.4. The lowest BCUT2D eigenvalue weighted by Crippen LogP contribution is -2.10. The van der Waals surface area contributed by atoms with Crippen molar-refractivity contribution in [2.45, 2.75) is 77.4 Å². The van der Waals surface area contributed by atoms with E-state index in [1.807, 2.05) is 0 Å². The third-order valence-corrected chi connectivity index (χ3v) is 6.78. The molecule has 194 valence electrons. The maximum atomic E-state index is 15.4. The van der Waals surface area contributed by atoms with Crippen molar-refractivity contribution in [3.8, 4) is 16.9 Å². The average molecular weight is 507 g/mol. The highest BCUT2D eigenvalue weighted by Crippen LogP contribution is 2.37. The van der Waals surface area contributed by atoms with Crippen molar-refractivity contribution in [3.05, 3.63) is 65.0 Å². The number of rotatable bonds is 12. The summed E-state index contributed by atoms with van der Waals surface area (Å²) in [7, 11) is 0. The van der Waals surface area contributed by atoms with Gasteiger partial charge in [-0.2, -0.15) is 0 Å². The molecule has 3 aromatic carbocycles. The summed E-state index contributed by atoms with van der Waals surface area (Å²) in [6, 6.07) is 5.97. The van der Waals surface area contributed by atoms with Gasteiger partial charge in [-0.15, -0.1) is 0 Å². The second kappa shape index (κ2) is 11.6. The van der Waals surface area contributed by atoms with Crippen LogP contribution in [0.5, 0.6) is 5.75 Å². The first-order chi connectivity index (χ1) is 17.4. The van der Waals surface area contributed by atoms with Crippen LogP contribution in [0.15, 0.2) is 30.3 Å². The zero-order chi connectivity index (χ0) is 25.8. The Morgan fingerprint density at radius 3 is 2.19 bits per heavy atom. The molecule has 4 rings (SSSR count). The lowest BCUT2D eigenvalue weighted by atomic mass is 9.96. The number of unbranched alkanes of at least 4 members (excludes halogenated alkanes) is 4. The standard InChI is InChI=1S/C29H31F5O2/c1-3-5-7-8-9-17-11-12-19(27(33)25(17)31)18-13-14-20-21(26(18)32)15-22(30)29(28(20)34)35-16-24-23(36-24)10-6-4-2/h11-15,23-24H,3-10,16H2,1-2H3. The van der Waals surface area contributed by atoms with Crippen LogP contribution in [0.4, 0.5) is 22.0 Å². The average Bonchev–Trinajstić information content (AvgIpc) is 3.62. The predicted octanol–water partition coefficient (Wildman–Crippen LogP) is 8.66. The second-order valence-electron chi connectivity index (χ2n) is 9.40. The molecule has 0 saturated carbocycles. The number of fused-ring (bicyclic) bond motifs is 1. The van der Waals surface area contributed by atoms with Crippen molar-refractivity contribution in [1.82, 2.24) is 0 Å². The minimum atomic E-state index is -1.18. The Hall–Kier alpha value is -2.67. The van der Waals surface area contributed by atoms with Gasteiger partial charge in [0, 0.05) is 21.9 Å². The summed E-state index contributed by atoms with van der Waals surface area (Å²) in [5.41, 5.74) is -0.340. The third kappa shape index (κ3) is 5.51. The Morgan fingerprint density at radius 1 is 0.722 bits per heavy atom. The third-order valence-electron chi connectivity index (χ3n) is 6.78. The molecule has 1 saturated heterocycles. The van der Waals surface area contributed by atoms with E-state index in [0.717, 1.165) is 51.0 Å². The molecule has 7 heteroatoms. The van der Waals surface area contributed by atoms with Crippen LogP contribution in [-0.4, -0.2) is 18.8 Å². The SMILES string of the molecule is CCCCCCc1ccc(-c2ccc3c(F)c(OCC4OC4CCCC)c(F)cc3c2F)c(F)c1F. The number of benzene rings is 3. The molecule has 0 bridgehead atoms. The largest absolute Gasteiger partial charge is 0.485 e. The lowest BCUT2D eigenvalue weighted by molar-refractivity contribution is 0.242. The van der Waals surface area contributed by atoms with E-state index < -0.39 is 34.8 Å². The van der Waals surface area contributed by atoms with Gasteiger partial charge >= 0.3 is 0 Å². The highest BCUT2D eigenvalue weighted by molar-refractivity contribution is 5.90. The number of hydrogen-bond acceptors (Lipinski definition) is 2. The summed E-state index contributed by atoms with van der Waals surface area (Å²) in [6.07, 6.45) is 6.73. The fourth-order valence-corrected chi connectivity index (χ4v) is 4.57. The molecule has 2 atom stereocenters. The minimum Gasteiger partial charge on any atom is -0.485 e. The molecule has 1 fully saturated rings. The van der Waals surface area contributed by atoms with Crippen LogP contribution in [0.1, 0.15) is 64.4 Å². The summed E-state index contributed by atoms with van der Waals surface area (Å²) in [5.74, 6) is -5.96. The van der Waals surface area contributed by atoms with E-state index in [9.17, 15) is 13.2 Å². The fourth-order valence-electron chi connectivity index (χ4n) is 4.57. The highest BCUT2D eigenvalue weighted by Gasteiger charge is 2.39.